The summed E-state index contributed by atoms with van der Waals surface area (Å²) in [6.07, 6.45) is 3.14. The average Bonchev–Trinajstić information content (AvgIpc) is 2.77. The Labute approximate surface area is 174 Å². The standard InChI is InChI=1S/C24H22F2N2O2/c1-15(16(2)18-9-11-22(30-5)28-14-18)17-8-10-19(21(13-17)29-4)23-20(24(3,25)26)7-6-12-27-23/h6-14H,1-2H2,3-5H3. The summed E-state index contributed by atoms with van der Waals surface area (Å²) in [4.78, 5) is 8.36. The van der Waals surface area contributed by atoms with Crippen molar-refractivity contribution in [3.8, 4) is 22.9 Å². The second-order valence-corrected chi connectivity index (χ2v) is 6.75. The number of alkyl halides is 2. The number of halogens is 2. The lowest BCUT2D eigenvalue weighted by atomic mass is 9.93. The molecule has 1 aromatic carbocycles. The van der Waals surface area contributed by atoms with Crippen molar-refractivity contribution in [2.24, 2.45) is 0 Å². The van der Waals surface area contributed by atoms with Crippen LogP contribution in [0.4, 0.5) is 8.78 Å². The lowest BCUT2D eigenvalue weighted by Gasteiger charge is -2.18. The van der Waals surface area contributed by atoms with Gasteiger partial charge in [0.05, 0.1) is 19.9 Å². The minimum atomic E-state index is -3.04. The van der Waals surface area contributed by atoms with Crippen molar-refractivity contribution in [1.82, 2.24) is 9.97 Å². The van der Waals surface area contributed by atoms with E-state index >= 15 is 0 Å². The van der Waals surface area contributed by atoms with Gasteiger partial charge in [0.15, 0.2) is 0 Å². The Kier molecular flexibility index (Phi) is 5.96. The fraction of sp³-hybridized carbons (Fsp3) is 0.167. The number of benzene rings is 1. The smallest absolute Gasteiger partial charge is 0.272 e. The Morgan fingerprint density at radius 1 is 0.933 bits per heavy atom. The van der Waals surface area contributed by atoms with E-state index in [9.17, 15) is 8.78 Å². The molecule has 0 radical (unpaired) electrons. The normalized spacial score (nSPS) is 11.1. The molecule has 6 heteroatoms. The van der Waals surface area contributed by atoms with Crippen LogP contribution in [-0.2, 0) is 5.92 Å². The molecular formula is C24H22F2N2O2. The molecule has 2 aromatic heterocycles. The van der Waals surface area contributed by atoms with Gasteiger partial charge in [-0.2, -0.15) is 0 Å². The predicted molar refractivity (Wildman–Crippen MR) is 115 cm³/mol. The molecule has 0 saturated carbocycles. The summed E-state index contributed by atoms with van der Waals surface area (Å²) in [6.45, 7) is 9.09. The van der Waals surface area contributed by atoms with Gasteiger partial charge in [0, 0.05) is 42.1 Å². The van der Waals surface area contributed by atoms with Crippen molar-refractivity contribution in [3.05, 3.63) is 84.7 Å². The van der Waals surface area contributed by atoms with Crippen LogP contribution in [0.1, 0.15) is 23.6 Å². The maximum absolute atomic E-state index is 14.1. The van der Waals surface area contributed by atoms with E-state index in [2.05, 4.69) is 23.1 Å². The molecule has 0 aliphatic rings. The largest absolute Gasteiger partial charge is 0.496 e. The molecule has 3 aromatic rings. The van der Waals surface area contributed by atoms with Crippen LogP contribution in [0.2, 0.25) is 0 Å². The molecular weight excluding hydrogens is 386 g/mol. The van der Waals surface area contributed by atoms with Gasteiger partial charge in [-0.15, -0.1) is 0 Å². The molecule has 0 aliphatic carbocycles. The number of hydrogen-bond acceptors (Lipinski definition) is 4. The number of ether oxygens (including phenoxy) is 2. The van der Waals surface area contributed by atoms with Crippen LogP contribution in [0.25, 0.3) is 22.4 Å². The van der Waals surface area contributed by atoms with Crippen LogP contribution in [0, 0.1) is 0 Å². The number of aromatic nitrogens is 2. The van der Waals surface area contributed by atoms with E-state index in [-0.39, 0.29) is 11.3 Å². The Morgan fingerprint density at radius 3 is 2.23 bits per heavy atom. The van der Waals surface area contributed by atoms with E-state index in [0.717, 1.165) is 18.1 Å². The van der Waals surface area contributed by atoms with Crippen LogP contribution in [0.15, 0.2) is 68.0 Å². The van der Waals surface area contributed by atoms with E-state index in [4.69, 9.17) is 9.47 Å². The monoisotopic (exact) mass is 408 g/mol. The Hall–Kier alpha value is -3.54. The zero-order valence-electron chi connectivity index (χ0n) is 17.1. The third kappa shape index (κ3) is 4.22. The number of hydrogen-bond donors (Lipinski definition) is 0. The average molecular weight is 408 g/mol. The van der Waals surface area contributed by atoms with Gasteiger partial charge in [0.1, 0.15) is 5.75 Å². The van der Waals surface area contributed by atoms with Crippen LogP contribution in [-0.4, -0.2) is 24.2 Å². The summed E-state index contributed by atoms with van der Waals surface area (Å²) in [7, 11) is 3.03. The highest BCUT2D eigenvalue weighted by molar-refractivity contribution is 6.03. The summed E-state index contributed by atoms with van der Waals surface area (Å²) >= 11 is 0. The van der Waals surface area contributed by atoms with Crippen molar-refractivity contribution < 1.29 is 18.3 Å². The number of methoxy groups -OCH3 is 2. The zero-order valence-corrected chi connectivity index (χ0v) is 17.1. The minimum Gasteiger partial charge on any atom is -0.496 e. The van der Waals surface area contributed by atoms with Gasteiger partial charge in [-0.1, -0.05) is 19.2 Å². The van der Waals surface area contributed by atoms with E-state index in [1.807, 2.05) is 6.07 Å². The number of rotatable bonds is 7. The molecule has 154 valence electrons. The third-order valence-electron chi connectivity index (χ3n) is 4.74. The first-order valence-electron chi connectivity index (χ1n) is 9.17. The Balaban J connectivity index is 1.98. The van der Waals surface area contributed by atoms with Gasteiger partial charge in [0.25, 0.3) is 5.92 Å². The highest BCUT2D eigenvalue weighted by Crippen LogP contribution is 2.40. The maximum Gasteiger partial charge on any atom is 0.272 e. The van der Waals surface area contributed by atoms with Gasteiger partial charge in [0.2, 0.25) is 5.88 Å². The molecule has 0 saturated heterocycles. The zero-order chi connectivity index (χ0) is 21.9. The quantitative estimate of drug-likeness (QED) is 0.450. The topological polar surface area (TPSA) is 44.2 Å². The molecule has 30 heavy (non-hydrogen) atoms. The summed E-state index contributed by atoms with van der Waals surface area (Å²) in [5, 5.41) is 0. The van der Waals surface area contributed by atoms with Gasteiger partial charge < -0.3 is 9.47 Å². The Morgan fingerprint density at radius 2 is 1.63 bits per heavy atom. The lowest BCUT2D eigenvalue weighted by Crippen LogP contribution is -2.10. The first-order chi connectivity index (χ1) is 14.3. The van der Waals surface area contributed by atoms with Crippen molar-refractivity contribution in [1.29, 1.82) is 0 Å². The second kappa shape index (κ2) is 8.45. The first-order valence-corrected chi connectivity index (χ1v) is 9.17. The molecule has 0 unspecified atom stereocenters. The van der Waals surface area contributed by atoms with E-state index in [0.29, 0.717) is 28.3 Å². The van der Waals surface area contributed by atoms with E-state index in [1.165, 1.54) is 25.4 Å². The highest BCUT2D eigenvalue weighted by atomic mass is 19.3. The first kappa shape index (κ1) is 21.2. The fourth-order valence-electron chi connectivity index (χ4n) is 3.08. The maximum atomic E-state index is 14.1. The van der Waals surface area contributed by atoms with Gasteiger partial charge in [-0.05, 0) is 47.0 Å². The van der Waals surface area contributed by atoms with Crippen LogP contribution in [0.5, 0.6) is 11.6 Å². The predicted octanol–water partition coefficient (Wildman–Crippen LogP) is 6.00. The molecule has 3 rings (SSSR count). The van der Waals surface area contributed by atoms with Crippen LogP contribution >= 0.6 is 0 Å². The Bertz CT molecular complexity index is 1090. The number of nitrogens with zero attached hydrogens (tertiary/aromatic N) is 2. The van der Waals surface area contributed by atoms with E-state index < -0.39 is 5.92 Å². The summed E-state index contributed by atoms with van der Waals surface area (Å²) in [5.41, 5.74) is 3.37. The van der Waals surface area contributed by atoms with Crippen LogP contribution < -0.4 is 9.47 Å². The van der Waals surface area contributed by atoms with Gasteiger partial charge in [-0.3, -0.25) is 4.98 Å². The molecule has 0 amide bonds. The SMILES string of the molecule is C=C(C(=C)c1ccc(-c2ncccc2C(C)(F)F)c(OC)c1)c1ccc(OC)nc1. The van der Waals surface area contributed by atoms with Crippen molar-refractivity contribution >= 4 is 11.1 Å². The van der Waals surface area contributed by atoms with E-state index in [1.54, 1.807) is 37.6 Å². The highest BCUT2D eigenvalue weighted by Gasteiger charge is 2.29. The molecule has 2 heterocycles. The van der Waals surface area contributed by atoms with Gasteiger partial charge >= 0.3 is 0 Å². The molecule has 0 fully saturated rings. The minimum absolute atomic E-state index is 0.163. The molecule has 4 nitrogen and oxygen atoms in total. The van der Waals surface area contributed by atoms with Crippen molar-refractivity contribution in [2.75, 3.05) is 14.2 Å². The van der Waals surface area contributed by atoms with Crippen molar-refractivity contribution in [3.63, 3.8) is 0 Å². The molecule has 0 spiro atoms. The number of pyridine rings is 2. The lowest BCUT2D eigenvalue weighted by molar-refractivity contribution is 0.0178. The van der Waals surface area contributed by atoms with Gasteiger partial charge in [-0.25, -0.2) is 13.8 Å². The third-order valence-corrected chi connectivity index (χ3v) is 4.74. The number of allylic oxidation sites excluding steroid dienone is 2. The molecule has 0 bridgehead atoms. The summed E-state index contributed by atoms with van der Waals surface area (Å²) < 4.78 is 38.7. The van der Waals surface area contributed by atoms with Crippen LogP contribution in [0.3, 0.4) is 0 Å². The summed E-state index contributed by atoms with van der Waals surface area (Å²) in [5.74, 6) is -2.12. The van der Waals surface area contributed by atoms with Crippen molar-refractivity contribution in [2.45, 2.75) is 12.8 Å². The molecule has 0 atom stereocenters. The second-order valence-electron chi connectivity index (χ2n) is 6.75. The molecule has 0 aliphatic heterocycles. The molecule has 0 N–H and O–H groups in total. The fourth-order valence-corrected chi connectivity index (χ4v) is 3.08. The summed E-state index contributed by atoms with van der Waals surface area (Å²) in [6, 6.07) is 11.7.